The number of hydrogen-bond acceptors (Lipinski definition) is 2. The lowest BCUT2D eigenvalue weighted by atomic mass is 10.3. The summed E-state index contributed by atoms with van der Waals surface area (Å²) in [6.07, 6.45) is -3.03. The van der Waals surface area contributed by atoms with Crippen molar-refractivity contribution >= 4 is 34.2 Å². The lowest BCUT2D eigenvalue weighted by Gasteiger charge is -2.30. The van der Waals surface area contributed by atoms with E-state index in [4.69, 9.17) is 11.6 Å². The first-order chi connectivity index (χ1) is 6.36. The molecule has 1 aliphatic heterocycles. The number of halogens is 5. The molecule has 0 saturated heterocycles. The minimum absolute atomic E-state index is 0.132. The van der Waals surface area contributed by atoms with E-state index < -0.39 is 12.8 Å². The summed E-state index contributed by atoms with van der Waals surface area (Å²) in [5.74, 6) is -0.220. The zero-order valence-electron chi connectivity index (χ0n) is 7.03. The highest BCUT2D eigenvalue weighted by Gasteiger charge is 2.42. The standard InChI is InChI=1S/C7H6ClF3INO/c1-14-6-5(12)2-4(8)3-13(6)7(9,10)11/h2H,3H2,1H3. The van der Waals surface area contributed by atoms with Gasteiger partial charge in [-0.2, -0.15) is 0 Å². The Morgan fingerprint density at radius 1 is 1.57 bits per heavy atom. The molecule has 0 N–H and O–H groups in total. The molecule has 7 heteroatoms. The Balaban J connectivity index is 3.06. The predicted molar refractivity (Wildman–Crippen MR) is 54.8 cm³/mol. The third kappa shape index (κ3) is 2.47. The minimum atomic E-state index is -4.48. The van der Waals surface area contributed by atoms with Crippen LogP contribution in [0.2, 0.25) is 0 Å². The van der Waals surface area contributed by atoms with E-state index in [2.05, 4.69) is 4.74 Å². The molecule has 1 heterocycles. The predicted octanol–water partition coefficient (Wildman–Crippen LogP) is 3.20. The summed E-state index contributed by atoms with van der Waals surface area (Å²) in [7, 11) is 1.19. The van der Waals surface area contributed by atoms with Crippen LogP contribution in [-0.2, 0) is 4.74 Å². The van der Waals surface area contributed by atoms with Gasteiger partial charge in [-0.25, -0.2) is 4.90 Å². The van der Waals surface area contributed by atoms with Crippen molar-refractivity contribution in [1.29, 1.82) is 0 Å². The number of rotatable bonds is 1. The van der Waals surface area contributed by atoms with Gasteiger partial charge in [0.05, 0.1) is 17.2 Å². The molecule has 1 aliphatic rings. The molecule has 2 nitrogen and oxygen atoms in total. The number of hydrogen-bond donors (Lipinski definition) is 0. The van der Waals surface area contributed by atoms with Crippen LogP contribution >= 0.6 is 34.2 Å². The maximum Gasteiger partial charge on any atom is 0.487 e. The molecule has 0 spiro atoms. The average molecular weight is 339 g/mol. The van der Waals surface area contributed by atoms with Crippen molar-refractivity contribution in [3.63, 3.8) is 0 Å². The van der Waals surface area contributed by atoms with Crippen molar-refractivity contribution in [1.82, 2.24) is 4.90 Å². The van der Waals surface area contributed by atoms with Gasteiger partial charge in [0.2, 0.25) is 5.88 Å². The van der Waals surface area contributed by atoms with Gasteiger partial charge in [-0.15, -0.1) is 13.2 Å². The number of nitrogens with zero attached hydrogens (tertiary/aromatic N) is 1. The van der Waals surface area contributed by atoms with Crippen LogP contribution < -0.4 is 0 Å². The topological polar surface area (TPSA) is 12.5 Å². The van der Waals surface area contributed by atoms with Crippen molar-refractivity contribution in [3.8, 4) is 0 Å². The first-order valence-electron chi connectivity index (χ1n) is 3.50. The van der Waals surface area contributed by atoms with Crippen molar-refractivity contribution in [2.75, 3.05) is 13.7 Å². The van der Waals surface area contributed by atoms with Gasteiger partial charge in [0.15, 0.2) is 0 Å². The summed E-state index contributed by atoms with van der Waals surface area (Å²) < 4.78 is 42.3. The molecule has 14 heavy (non-hydrogen) atoms. The number of ether oxygens (including phenoxy) is 1. The van der Waals surface area contributed by atoms with Gasteiger partial charge in [-0.3, -0.25) is 0 Å². The molecule has 1 rings (SSSR count). The first kappa shape index (κ1) is 12.0. The fourth-order valence-electron chi connectivity index (χ4n) is 1.01. The Hall–Kier alpha value is -0.110. The monoisotopic (exact) mass is 339 g/mol. The molecule has 0 aromatic heterocycles. The molecular weight excluding hydrogens is 333 g/mol. The molecule has 0 radical (unpaired) electrons. The number of methoxy groups -OCH3 is 1. The summed E-state index contributed by atoms with van der Waals surface area (Å²) in [4.78, 5) is 0.164. The van der Waals surface area contributed by atoms with E-state index in [-0.39, 0.29) is 15.8 Å². The number of alkyl halides is 3. The van der Waals surface area contributed by atoms with Crippen molar-refractivity contribution < 1.29 is 17.9 Å². The quantitative estimate of drug-likeness (QED) is 0.537. The first-order valence-corrected chi connectivity index (χ1v) is 4.96. The van der Waals surface area contributed by atoms with Crippen molar-refractivity contribution in [3.05, 3.63) is 20.6 Å². The van der Waals surface area contributed by atoms with Gasteiger partial charge >= 0.3 is 6.30 Å². The maximum atomic E-state index is 12.4. The molecule has 80 valence electrons. The zero-order valence-corrected chi connectivity index (χ0v) is 9.94. The Morgan fingerprint density at radius 2 is 2.14 bits per heavy atom. The van der Waals surface area contributed by atoms with E-state index in [1.165, 1.54) is 13.2 Å². The van der Waals surface area contributed by atoms with E-state index in [0.717, 1.165) is 0 Å². The summed E-state index contributed by atoms with van der Waals surface area (Å²) in [6.45, 7) is -0.402. The van der Waals surface area contributed by atoms with E-state index in [1.54, 1.807) is 22.6 Å². The highest BCUT2D eigenvalue weighted by atomic mass is 127. The van der Waals surface area contributed by atoms with Crippen LogP contribution in [0, 0.1) is 0 Å². The van der Waals surface area contributed by atoms with Crippen molar-refractivity contribution in [2.45, 2.75) is 6.30 Å². The molecule has 0 atom stereocenters. The van der Waals surface area contributed by atoms with Crippen LogP contribution in [0.25, 0.3) is 0 Å². The summed E-state index contributed by atoms with van der Waals surface area (Å²) in [5, 5.41) is 0.132. The zero-order chi connectivity index (χ0) is 10.9. The number of allylic oxidation sites excluding steroid dienone is 2. The lowest BCUT2D eigenvalue weighted by Crippen LogP contribution is -2.40. The summed E-state index contributed by atoms with van der Waals surface area (Å²) in [6, 6.07) is 0. The van der Waals surface area contributed by atoms with E-state index in [0.29, 0.717) is 3.58 Å². The highest BCUT2D eigenvalue weighted by molar-refractivity contribution is 14.1. The molecular formula is C7H6ClF3INO. The Morgan fingerprint density at radius 3 is 2.57 bits per heavy atom. The van der Waals surface area contributed by atoms with Crippen LogP contribution in [0.3, 0.4) is 0 Å². The second-order valence-corrected chi connectivity index (χ2v) is 4.15. The van der Waals surface area contributed by atoms with Crippen LogP contribution in [0.4, 0.5) is 13.2 Å². The van der Waals surface area contributed by atoms with Gasteiger partial charge < -0.3 is 4.74 Å². The van der Waals surface area contributed by atoms with E-state index in [1.807, 2.05) is 0 Å². The fraction of sp³-hybridized carbons (Fsp3) is 0.429. The smallest absolute Gasteiger partial charge is 0.481 e. The van der Waals surface area contributed by atoms with Gasteiger partial charge in [0.1, 0.15) is 0 Å². The SMILES string of the molecule is COC1=C(I)C=C(Cl)CN1C(F)(F)F. The molecule has 0 aromatic rings. The second kappa shape index (κ2) is 4.18. The van der Waals surface area contributed by atoms with E-state index >= 15 is 0 Å². The average Bonchev–Trinajstić information content (AvgIpc) is 2.01. The van der Waals surface area contributed by atoms with Gasteiger partial charge in [0.25, 0.3) is 0 Å². The van der Waals surface area contributed by atoms with Crippen LogP contribution in [0.5, 0.6) is 0 Å². The summed E-state index contributed by atoms with van der Waals surface area (Å²) in [5.41, 5.74) is 0. The Kier molecular flexibility index (Phi) is 3.57. The lowest BCUT2D eigenvalue weighted by molar-refractivity contribution is -0.241. The van der Waals surface area contributed by atoms with Gasteiger partial charge in [-0.1, -0.05) is 11.6 Å². The third-order valence-corrected chi connectivity index (χ3v) is 2.54. The third-order valence-electron chi connectivity index (χ3n) is 1.54. The molecule has 0 unspecified atom stereocenters. The molecule has 0 saturated carbocycles. The largest absolute Gasteiger partial charge is 0.487 e. The second-order valence-electron chi connectivity index (χ2n) is 2.50. The maximum absolute atomic E-state index is 12.4. The van der Waals surface area contributed by atoms with Crippen LogP contribution in [-0.4, -0.2) is 24.9 Å². The molecule has 0 bridgehead atoms. The Labute approximate surface area is 97.5 Å². The highest BCUT2D eigenvalue weighted by Crippen LogP contribution is 2.35. The normalized spacial score (nSPS) is 18.4. The van der Waals surface area contributed by atoms with E-state index in [9.17, 15) is 13.2 Å². The minimum Gasteiger partial charge on any atom is -0.481 e. The van der Waals surface area contributed by atoms with Gasteiger partial charge in [0, 0.05) is 5.03 Å². The van der Waals surface area contributed by atoms with Crippen LogP contribution in [0.1, 0.15) is 0 Å². The fourth-order valence-corrected chi connectivity index (χ4v) is 2.31. The van der Waals surface area contributed by atoms with Crippen molar-refractivity contribution in [2.24, 2.45) is 0 Å². The van der Waals surface area contributed by atoms with Crippen LogP contribution in [0.15, 0.2) is 20.6 Å². The molecule has 0 aromatic carbocycles. The molecule has 0 amide bonds. The molecule has 0 aliphatic carbocycles. The Bertz CT molecular complexity index is 300. The molecule has 0 fully saturated rings. The van der Waals surface area contributed by atoms with Gasteiger partial charge in [-0.05, 0) is 28.7 Å². The summed E-state index contributed by atoms with van der Waals surface area (Å²) >= 11 is 7.30.